The van der Waals surface area contributed by atoms with Gasteiger partial charge in [0.25, 0.3) is 0 Å². The summed E-state index contributed by atoms with van der Waals surface area (Å²) in [7, 11) is 0. The van der Waals surface area contributed by atoms with Crippen molar-refractivity contribution in [1.82, 2.24) is 20.2 Å². The highest BCUT2D eigenvalue weighted by molar-refractivity contribution is 7.99. The van der Waals surface area contributed by atoms with E-state index in [0.29, 0.717) is 15.9 Å². The van der Waals surface area contributed by atoms with Gasteiger partial charge in [0.1, 0.15) is 0 Å². The van der Waals surface area contributed by atoms with Crippen LogP contribution in [-0.4, -0.2) is 43.8 Å². The summed E-state index contributed by atoms with van der Waals surface area (Å²) in [5.74, 6) is 0.429. The Morgan fingerprint density at radius 1 is 1.18 bits per heavy atom. The zero-order valence-corrected chi connectivity index (χ0v) is 17.6. The van der Waals surface area contributed by atoms with Crippen molar-refractivity contribution >= 4 is 23.4 Å². The van der Waals surface area contributed by atoms with Crippen molar-refractivity contribution in [3.63, 3.8) is 0 Å². The zero-order chi connectivity index (χ0) is 20.1. The first-order valence-corrected chi connectivity index (χ1v) is 10.3. The standard InChI is InChI=1S/C20H23ClN4O2S/c1-13-4-5-14(2)19(10-13)25-20(22-23-24-25)28-12-18(26)11-27-15(3)16-6-8-17(21)9-7-16/h4-10,15,18,26H,11-12H2,1-3H3/t15-,18+/m0/s1. The third-order valence-corrected chi connectivity index (χ3v) is 5.63. The second-order valence-electron chi connectivity index (χ2n) is 6.66. The first kappa shape index (κ1) is 20.8. The van der Waals surface area contributed by atoms with E-state index in [1.807, 2.05) is 57.2 Å². The topological polar surface area (TPSA) is 73.1 Å². The van der Waals surface area contributed by atoms with E-state index < -0.39 is 6.10 Å². The first-order chi connectivity index (χ1) is 13.4. The molecule has 0 spiro atoms. The van der Waals surface area contributed by atoms with Gasteiger partial charge in [-0.25, -0.2) is 0 Å². The lowest BCUT2D eigenvalue weighted by Gasteiger charge is -2.16. The molecule has 28 heavy (non-hydrogen) atoms. The summed E-state index contributed by atoms with van der Waals surface area (Å²) in [6, 6.07) is 13.6. The van der Waals surface area contributed by atoms with Gasteiger partial charge in [0.05, 0.1) is 24.5 Å². The lowest BCUT2D eigenvalue weighted by Crippen LogP contribution is -2.19. The van der Waals surface area contributed by atoms with Gasteiger partial charge in [-0.2, -0.15) is 4.68 Å². The second-order valence-corrected chi connectivity index (χ2v) is 8.08. The maximum Gasteiger partial charge on any atom is 0.214 e. The average Bonchev–Trinajstić information content (AvgIpc) is 3.15. The molecule has 8 heteroatoms. The smallest absolute Gasteiger partial charge is 0.214 e. The minimum Gasteiger partial charge on any atom is -0.390 e. The molecule has 1 aromatic heterocycles. The fraction of sp³-hybridized carbons (Fsp3) is 0.350. The molecule has 0 aliphatic rings. The van der Waals surface area contributed by atoms with Gasteiger partial charge < -0.3 is 9.84 Å². The van der Waals surface area contributed by atoms with Gasteiger partial charge in [-0.15, -0.1) is 5.10 Å². The normalized spacial score (nSPS) is 13.5. The van der Waals surface area contributed by atoms with Crippen LogP contribution in [0.1, 0.15) is 29.7 Å². The quantitative estimate of drug-likeness (QED) is 0.553. The highest BCUT2D eigenvalue weighted by atomic mass is 35.5. The summed E-state index contributed by atoms with van der Waals surface area (Å²) in [6.45, 7) is 6.22. The summed E-state index contributed by atoms with van der Waals surface area (Å²) in [5.41, 5.74) is 4.18. The predicted molar refractivity (Wildman–Crippen MR) is 111 cm³/mol. The number of aromatic nitrogens is 4. The maximum atomic E-state index is 10.3. The predicted octanol–water partition coefficient (Wildman–Crippen LogP) is 4.16. The van der Waals surface area contributed by atoms with E-state index >= 15 is 0 Å². The van der Waals surface area contributed by atoms with Gasteiger partial charge in [-0.3, -0.25) is 0 Å². The van der Waals surface area contributed by atoms with Crippen molar-refractivity contribution in [2.24, 2.45) is 0 Å². The molecule has 0 aliphatic carbocycles. The Morgan fingerprint density at radius 3 is 2.68 bits per heavy atom. The number of aryl methyl sites for hydroxylation is 2. The summed E-state index contributed by atoms with van der Waals surface area (Å²) in [4.78, 5) is 0. The van der Waals surface area contributed by atoms with E-state index in [9.17, 15) is 5.11 Å². The second kappa shape index (κ2) is 9.52. The summed E-state index contributed by atoms with van der Waals surface area (Å²) < 4.78 is 7.49. The van der Waals surface area contributed by atoms with Gasteiger partial charge in [0, 0.05) is 10.8 Å². The highest BCUT2D eigenvalue weighted by Crippen LogP contribution is 2.23. The van der Waals surface area contributed by atoms with Gasteiger partial charge in [0.2, 0.25) is 5.16 Å². The Kier molecular flexibility index (Phi) is 7.07. The van der Waals surface area contributed by atoms with Crippen LogP contribution in [0.25, 0.3) is 5.69 Å². The van der Waals surface area contributed by atoms with Crippen molar-refractivity contribution in [2.75, 3.05) is 12.4 Å². The lowest BCUT2D eigenvalue weighted by atomic mass is 10.1. The summed E-state index contributed by atoms with van der Waals surface area (Å²) >= 11 is 7.31. The van der Waals surface area contributed by atoms with E-state index in [4.69, 9.17) is 16.3 Å². The van der Waals surface area contributed by atoms with Crippen LogP contribution < -0.4 is 0 Å². The molecule has 0 fully saturated rings. The number of hydrogen-bond acceptors (Lipinski definition) is 6. The molecule has 2 atom stereocenters. The van der Waals surface area contributed by atoms with Crippen LogP contribution in [-0.2, 0) is 4.74 Å². The Bertz CT molecular complexity index is 917. The van der Waals surface area contributed by atoms with E-state index in [-0.39, 0.29) is 12.7 Å². The number of benzene rings is 2. The third kappa shape index (κ3) is 5.32. The van der Waals surface area contributed by atoms with Crippen LogP contribution in [0.4, 0.5) is 0 Å². The van der Waals surface area contributed by atoms with E-state index in [1.54, 1.807) is 4.68 Å². The van der Waals surface area contributed by atoms with Crippen LogP contribution in [0.3, 0.4) is 0 Å². The average molecular weight is 419 g/mol. The molecule has 0 unspecified atom stereocenters. The monoisotopic (exact) mass is 418 g/mol. The number of aliphatic hydroxyl groups is 1. The van der Waals surface area contributed by atoms with Gasteiger partial charge in [-0.05, 0) is 66.1 Å². The maximum absolute atomic E-state index is 10.3. The highest BCUT2D eigenvalue weighted by Gasteiger charge is 2.15. The number of halogens is 1. The van der Waals surface area contributed by atoms with Crippen molar-refractivity contribution in [2.45, 2.75) is 38.1 Å². The number of aliphatic hydroxyl groups excluding tert-OH is 1. The molecule has 3 aromatic rings. The first-order valence-electron chi connectivity index (χ1n) is 8.98. The number of thioether (sulfide) groups is 1. The summed E-state index contributed by atoms with van der Waals surface area (Å²) in [5, 5.41) is 23.6. The zero-order valence-electron chi connectivity index (χ0n) is 16.0. The molecule has 0 saturated carbocycles. The fourth-order valence-corrected chi connectivity index (χ4v) is 3.59. The molecule has 0 aliphatic heterocycles. The number of nitrogens with zero attached hydrogens (tertiary/aromatic N) is 4. The van der Waals surface area contributed by atoms with Crippen molar-refractivity contribution in [3.05, 3.63) is 64.2 Å². The van der Waals surface area contributed by atoms with Crippen molar-refractivity contribution in [1.29, 1.82) is 0 Å². The molecule has 148 valence electrons. The molecule has 0 radical (unpaired) electrons. The molecule has 1 heterocycles. The van der Waals surface area contributed by atoms with Crippen LogP contribution in [0.5, 0.6) is 0 Å². The van der Waals surface area contributed by atoms with Gasteiger partial charge in [-0.1, -0.05) is 47.6 Å². The molecule has 0 amide bonds. The Balaban J connectivity index is 1.55. The molecule has 1 N–H and O–H groups in total. The molecule has 2 aromatic carbocycles. The fourth-order valence-electron chi connectivity index (χ4n) is 2.67. The number of ether oxygens (including phenoxy) is 1. The van der Waals surface area contributed by atoms with Crippen LogP contribution >= 0.6 is 23.4 Å². The number of hydrogen-bond donors (Lipinski definition) is 1. The van der Waals surface area contributed by atoms with E-state index in [0.717, 1.165) is 22.4 Å². The Labute approximate surface area is 173 Å². The van der Waals surface area contributed by atoms with Gasteiger partial charge >= 0.3 is 0 Å². The van der Waals surface area contributed by atoms with E-state index in [1.165, 1.54) is 11.8 Å². The largest absolute Gasteiger partial charge is 0.390 e. The number of rotatable bonds is 8. The summed E-state index contributed by atoms with van der Waals surface area (Å²) in [6.07, 6.45) is -0.763. The minimum absolute atomic E-state index is 0.128. The molecule has 6 nitrogen and oxygen atoms in total. The lowest BCUT2D eigenvalue weighted by molar-refractivity contribution is 0.00621. The van der Waals surface area contributed by atoms with Crippen LogP contribution in [0, 0.1) is 13.8 Å². The van der Waals surface area contributed by atoms with Crippen LogP contribution in [0.15, 0.2) is 47.6 Å². The Morgan fingerprint density at radius 2 is 1.93 bits per heavy atom. The van der Waals surface area contributed by atoms with Crippen LogP contribution in [0.2, 0.25) is 5.02 Å². The van der Waals surface area contributed by atoms with Gasteiger partial charge in [0.15, 0.2) is 0 Å². The number of tetrazole rings is 1. The molecular formula is C20H23ClN4O2S. The minimum atomic E-state index is -0.636. The SMILES string of the molecule is Cc1ccc(C)c(-n2nnnc2SC[C@H](O)CO[C@@H](C)c2ccc(Cl)cc2)c1. The molecule has 0 bridgehead atoms. The molecule has 0 saturated heterocycles. The van der Waals surface area contributed by atoms with E-state index in [2.05, 4.69) is 21.6 Å². The Hall–Kier alpha value is -1.93. The van der Waals surface area contributed by atoms with Crippen molar-refractivity contribution < 1.29 is 9.84 Å². The molecular weight excluding hydrogens is 396 g/mol. The van der Waals surface area contributed by atoms with Crippen molar-refractivity contribution in [3.8, 4) is 5.69 Å². The third-order valence-electron chi connectivity index (χ3n) is 4.32. The molecule has 3 rings (SSSR count).